The number of nitrogens with zero attached hydrogens (tertiary/aromatic N) is 3. The maximum absolute atomic E-state index is 14.9. The number of nitrogens with one attached hydrogen (secondary N) is 2. The normalized spacial score (nSPS) is 21.3. The summed E-state index contributed by atoms with van der Waals surface area (Å²) < 4.78 is 21.5. The average molecular weight is 544 g/mol. The molecule has 3 heterocycles. The molecule has 1 aliphatic carbocycles. The van der Waals surface area contributed by atoms with Gasteiger partial charge >= 0.3 is 5.97 Å². The van der Waals surface area contributed by atoms with Crippen LogP contribution in [0.2, 0.25) is 5.02 Å². The summed E-state index contributed by atoms with van der Waals surface area (Å²) in [5.41, 5.74) is -0.288. The Bertz CT molecular complexity index is 1330. The quantitative estimate of drug-likeness (QED) is 0.490. The number of esters is 1. The Morgan fingerprint density at radius 2 is 1.95 bits per heavy atom. The van der Waals surface area contributed by atoms with Crippen LogP contribution < -0.4 is 16.2 Å². The Balaban J connectivity index is 1.41. The number of allylic oxidation sites excluding steroid dienone is 3. The lowest BCUT2D eigenvalue weighted by Crippen LogP contribution is -2.38. The van der Waals surface area contributed by atoms with Gasteiger partial charge in [0.1, 0.15) is 11.6 Å². The second-order valence-electron chi connectivity index (χ2n) is 8.95. The van der Waals surface area contributed by atoms with Gasteiger partial charge in [-0.05, 0) is 31.2 Å². The second-order valence-corrected chi connectivity index (χ2v) is 9.39. The summed E-state index contributed by atoms with van der Waals surface area (Å²) in [5, 5.41) is 5.65. The molecule has 2 aliphatic rings. The Kier molecular flexibility index (Phi) is 8.70. The van der Waals surface area contributed by atoms with E-state index < -0.39 is 35.6 Å². The highest BCUT2D eigenvalue weighted by Crippen LogP contribution is 2.29. The predicted octanol–water partition coefficient (Wildman–Crippen LogP) is 2.44. The number of amides is 2. The van der Waals surface area contributed by atoms with E-state index in [1.807, 2.05) is 0 Å². The number of ether oxygens (including phenoxy) is 1. The molecule has 10 nitrogen and oxygen atoms in total. The van der Waals surface area contributed by atoms with Crippen LogP contribution in [-0.2, 0) is 19.1 Å². The SMILES string of the molecule is CCOC(=O)[C@H]1CN(CC(=O)Nc2ccc(Cl)cn2)C[C@@H]1C(=O)NC1=C(F)CC(n2ccccc2=O)C=C1. The average Bonchev–Trinajstić information content (AvgIpc) is 3.31. The fourth-order valence-electron chi connectivity index (χ4n) is 4.50. The van der Waals surface area contributed by atoms with Gasteiger partial charge in [-0.25, -0.2) is 9.37 Å². The topological polar surface area (TPSA) is 123 Å². The summed E-state index contributed by atoms with van der Waals surface area (Å²) in [4.78, 5) is 56.1. The van der Waals surface area contributed by atoms with E-state index in [1.54, 1.807) is 48.4 Å². The van der Waals surface area contributed by atoms with Crippen LogP contribution in [0.5, 0.6) is 0 Å². The molecule has 4 rings (SSSR count). The third-order valence-corrected chi connectivity index (χ3v) is 6.54. The molecular formula is C26H27ClFN5O5. The molecule has 1 saturated heterocycles. The highest BCUT2D eigenvalue weighted by atomic mass is 35.5. The molecule has 1 unspecified atom stereocenters. The van der Waals surface area contributed by atoms with Crippen molar-refractivity contribution in [1.82, 2.24) is 19.8 Å². The largest absolute Gasteiger partial charge is 0.466 e. The highest BCUT2D eigenvalue weighted by molar-refractivity contribution is 6.30. The Labute approximate surface area is 223 Å². The van der Waals surface area contributed by atoms with Crippen LogP contribution in [0, 0.1) is 11.8 Å². The van der Waals surface area contributed by atoms with Crippen molar-refractivity contribution in [3.05, 3.63) is 81.8 Å². The van der Waals surface area contributed by atoms with E-state index in [0.29, 0.717) is 10.8 Å². The number of hydrogen-bond donors (Lipinski definition) is 2. The maximum atomic E-state index is 14.9. The van der Waals surface area contributed by atoms with Crippen molar-refractivity contribution >= 4 is 35.2 Å². The molecule has 0 bridgehead atoms. The van der Waals surface area contributed by atoms with Crippen LogP contribution in [0.25, 0.3) is 0 Å². The number of aromatic nitrogens is 2. The van der Waals surface area contributed by atoms with Gasteiger partial charge in [0.25, 0.3) is 5.56 Å². The molecule has 38 heavy (non-hydrogen) atoms. The zero-order chi connectivity index (χ0) is 27.2. The van der Waals surface area contributed by atoms with Crippen LogP contribution in [-0.4, -0.2) is 58.5 Å². The van der Waals surface area contributed by atoms with Crippen LogP contribution in [0.3, 0.4) is 0 Å². The zero-order valence-corrected chi connectivity index (χ0v) is 21.4. The molecule has 2 aromatic heterocycles. The molecule has 0 spiro atoms. The number of pyridine rings is 2. The fourth-order valence-corrected chi connectivity index (χ4v) is 4.61. The molecule has 2 amide bonds. The molecule has 0 radical (unpaired) electrons. The molecule has 1 fully saturated rings. The summed E-state index contributed by atoms with van der Waals surface area (Å²) in [6, 6.07) is 7.30. The van der Waals surface area contributed by atoms with Crippen molar-refractivity contribution in [2.75, 3.05) is 31.6 Å². The van der Waals surface area contributed by atoms with Gasteiger partial charge in [-0.3, -0.25) is 24.1 Å². The first-order valence-electron chi connectivity index (χ1n) is 12.1. The lowest BCUT2D eigenvalue weighted by Gasteiger charge is -2.22. The number of rotatable bonds is 8. The van der Waals surface area contributed by atoms with Crippen molar-refractivity contribution in [2.45, 2.75) is 19.4 Å². The molecule has 0 aromatic carbocycles. The second kappa shape index (κ2) is 12.1. The molecule has 2 N–H and O–H groups in total. The molecule has 200 valence electrons. The number of hydrogen-bond acceptors (Lipinski definition) is 7. The van der Waals surface area contributed by atoms with Crippen molar-refractivity contribution in [3.63, 3.8) is 0 Å². The first-order valence-corrected chi connectivity index (χ1v) is 12.5. The Morgan fingerprint density at radius 1 is 1.16 bits per heavy atom. The maximum Gasteiger partial charge on any atom is 0.311 e. The van der Waals surface area contributed by atoms with Crippen molar-refractivity contribution in [2.24, 2.45) is 11.8 Å². The summed E-state index contributed by atoms with van der Waals surface area (Å²) in [6.45, 7) is 1.92. The van der Waals surface area contributed by atoms with Crippen LogP contribution >= 0.6 is 11.6 Å². The van der Waals surface area contributed by atoms with Gasteiger partial charge in [-0.1, -0.05) is 23.7 Å². The van der Waals surface area contributed by atoms with Crippen molar-refractivity contribution in [3.8, 4) is 0 Å². The van der Waals surface area contributed by atoms with Gasteiger partial charge < -0.3 is 19.9 Å². The van der Waals surface area contributed by atoms with Crippen LogP contribution in [0.4, 0.5) is 10.2 Å². The first kappa shape index (κ1) is 27.2. The zero-order valence-electron chi connectivity index (χ0n) is 20.6. The number of carbonyl (C=O) groups is 3. The lowest BCUT2D eigenvalue weighted by molar-refractivity contribution is -0.151. The standard InChI is InChI=1S/C26H27ClFN5O5/c1-2-38-26(37)19-14-32(15-23(34)31-22-9-6-16(27)12-29-22)13-18(19)25(36)30-21-8-7-17(11-20(21)28)33-10-4-3-5-24(33)35/h3-10,12,17-19H,2,11,13-15H2,1H3,(H,30,36)(H,29,31,34)/t17?,18-,19-/m0/s1. The minimum absolute atomic E-state index is 0.0251. The third kappa shape index (κ3) is 6.53. The Morgan fingerprint density at radius 3 is 2.63 bits per heavy atom. The third-order valence-electron chi connectivity index (χ3n) is 6.32. The van der Waals surface area contributed by atoms with Crippen molar-refractivity contribution in [1.29, 1.82) is 0 Å². The molecule has 1 aliphatic heterocycles. The monoisotopic (exact) mass is 543 g/mol. The first-order chi connectivity index (χ1) is 18.2. The summed E-state index contributed by atoms with van der Waals surface area (Å²) in [7, 11) is 0. The van der Waals surface area contributed by atoms with E-state index in [4.69, 9.17) is 16.3 Å². The number of carbonyl (C=O) groups excluding carboxylic acids is 3. The van der Waals surface area contributed by atoms with Crippen molar-refractivity contribution < 1.29 is 23.5 Å². The molecular weight excluding hydrogens is 517 g/mol. The smallest absolute Gasteiger partial charge is 0.311 e. The summed E-state index contributed by atoms with van der Waals surface area (Å²) in [6.07, 6.45) is 5.92. The fraction of sp³-hybridized carbons (Fsp3) is 0.346. The van der Waals surface area contributed by atoms with Gasteiger partial charge in [0.15, 0.2) is 0 Å². The number of halogens is 2. The minimum Gasteiger partial charge on any atom is -0.466 e. The number of anilines is 1. The lowest BCUT2D eigenvalue weighted by atomic mass is 9.95. The summed E-state index contributed by atoms with van der Waals surface area (Å²) in [5.74, 6) is -3.46. The molecule has 12 heteroatoms. The van der Waals surface area contributed by atoms with E-state index in [2.05, 4.69) is 15.6 Å². The van der Waals surface area contributed by atoms with E-state index in [1.165, 1.54) is 22.9 Å². The van der Waals surface area contributed by atoms with Gasteiger partial charge in [0.05, 0.1) is 41.7 Å². The molecule has 0 saturated carbocycles. The number of likely N-dealkylation sites (tertiary alicyclic amines) is 1. The van der Waals surface area contributed by atoms with Gasteiger partial charge in [0, 0.05) is 38.0 Å². The minimum atomic E-state index is -0.862. The van der Waals surface area contributed by atoms with Crippen LogP contribution in [0.1, 0.15) is 19.4 Å². The Hall–Kier alpha value is -3.83. The van der Waals surface area contributed by atoms with Gasteiger partial charge in [-0.2, -0.15) is 0 Å². The summed E-state index contributed by atoms with van der Waals surface area (Å²) >= 11 is 5.81. The highest BCUT2D eigenvalue weighted by Gasteiger charge is 2.43. The molecule has 3 atom stereocenters. The van der Waals surface area contributed by atoms with Crippen LogP contribution in [0.15, 0.2) is 71.2 Å². The van der Waals surface area contributed by atoms with E-state index >= 15 is 0 Å². The van der Waals surface area contributed by atoms with E-state index in [9.17, 15) is 23.6 Å². The predicted molar refractivity (Wildman–Crippen MR) is 138 cm³/mol. The van der Waals surface area contributed by atoms with Gasteiger partial charge in [-0.15, -0.1) is 0 Å². The van der Waals surface area contributed by atoms with E-state index in [0.717, 1.165) is 0 Å². The van der Waals surface area contributed by atoms with E-state index in [-0.39, 0.29) is 49.8 Å². The molecule has 2 aromatic rings. The van der Waals surface area contributed by atoms with Gasteiger partial charge in [0.2, 0.25) is 11.8 Å².